The molecule has 1 atom stereocenters. The fraction of sp³-hybridized carbons (Fsp3) is 0.417. The van der Waals surface area contributed by atoms with Crippen LogP contribution >= 0.6 is 0 Å². The molecule has 1 fully saturated rings. The highest BCUT2D eigenvalue weighted by molar-refractivity contribution is 5.31. The second kappa shape index (κ2) is 2.83. The van der Waals surface area contributed by atoms with Crippen molar-refractivity contribution in [1.82, 2.24) is 0 Å². The van der Waals surface area contributed by atoms with E-state index in [0.29, 0.717) is 0 Å². The fourth-order valence-corrected chi connectivity index (χ4v) is 1.87. The van der Waals surface area contributed by atoms with Crippen molar-refractivity contribution in [3.8, 4) is 6.07 Å². The highest BCUT2D eigenvalue weighted by Gasteiger charge is 2.57. The van der Waals surface area contributed by atoms with E-state index >= 15 is 0 Å². The van der Waals surface area contributed by atoms with E-state index < -0.39 is 11.0 Å². The zero-order valence-corrected chi connectivity index (χ0v) is 8.20. The minimum atomic E-state index is -1.01. The SMILES string of the molecule is CC(O)(c1ccccc1)C1(C#N)CC1. The van der Waals surface area contributed by atoms with Gasteiger partial charge in [-0.3, -0.25) is 0 Å². The first-order chi connectivity index (χ1) is 6.62. The molecule has 2 rings (SSSR count). The van der Waals surface area contributed by atoms with E-state index in [1.165, 1.54) is 0 Å². The molecule has 0 saturated heterocycles. The smallest absolute Gasteiger partial charge is 0.105 e. The number of hydrogen-bond donors (Lipinski definition) is 1. The Morgan fingerprint density at radius 1 is 1.36 bits per heavy atom. The number of nitriles is 1. The predicted molar refractivity (Wildman–Crippen MR) is 53.3 cm³/mol. The zero-order chi connectivity index (χ0) is 10.2. The zero-order valence-electron chi connectivity index (χ0n) is 8.20. The number of benzene rings is 1. The van der Waals surface area contributed by atoms with Crippen LogP contribution in [0.4, 0.5) is 0 Å². The molecule has 0 amide bonds. The normalized spacial score (nSPS) is 22.1. The highest BCUT2D eigenvalue weighted by atomic mass is 16.3. The molecule has 72 valence electrons. The Balaban J connectivity index is 2.39. The van der Waals surface area contributed by atoms with Crippen molar-refractivity contribution in [2.75, 3.05) is 0 Å². The molecule has 0 heterocycles. The lowest BCUT2D eigenvalue weighted by molar-refractivity contribution is 0.00410. The molecule has 14 heavy (non-hydrogen) atoms. The Morgan fingerprint density at radius 3 is 2.36 bits per heavy atom. The fourth-order valence-electron chi connectivity index (χ4n) is 1.87. The maximum Gasteiger partial charge on any atom is 0.105 e. The van der Waals surface area contributed by atoms with Crippen LogP contribution in [0, 0.1) is 16.7 Å². The maximum absolute atomic E-state index is 10.4. The first-order valence-electron chi connectivity index (χ1n) is 4.82. The summed E-state index contributed by atoms with van der Waals surface area (Å²) in [5.41, 5.74) is -0.726. The summed E-state index contributed by atoms with van der Waals surface area (Å²) in [5.74, 6) is 0. The molecule has 1 aliphatic rings. The minimum absolute atomic E-state index is 0.547. The third kappa shape index (κ3) is 1.13. The molecule has 1 N–H and O–H groups in total. The second-order valence-electron chi connectivity index (χ2n) is 4.13. The van der Waals surface area contributed by atoms with E-state index in [2.05, 4.69) is 6.07 Å². The van der Waals surface area contributed by atoms with Gasteiger partial charge in [0.05, 0.1) is 11.5 Å². The quantitative estimate of drug-likeness (QED) is 0.771. The second-order valence-corrected chi connectivity index (χ2v) is 4.13. The summed E-state index contributed by atoms with van der Waals surface area (Å²) in [6.45, 7) is 1.73. The lowest BCUT2D eigenvalue weighted by Crippen LogP contribution is -2.32. The van der Waals surface area contributed by atoms with Crippen LogP contribution in [0.15, 0.2) is 30.3 Å². The van der Waals surface area contributed by atoms with Gasteiger partial charge in [0, 0.05) is 0 Å². The molecule has 0 radical (unpaired) electrons. The van der Waals surface area contributed by atoms with E-state index in [1.54, 1.807) is 6.92 Å². The molecule has 2 nitrogen and oxygen atoms in total. The maximum atomic E-state index is 10.4. The van der Waals surface area contributed by atoms with E-state index in [4.69, 9.17) is 5.26 Å². The predicted octanol–water partition coefficient (Wildman–Crippen LogP) is 2.20. The molecule has 0 aliphatic heterocycles. The first-order valence-corrected chi connectivity index (χ1v) is 4.82. The molecule has 1 aromatic carbocycles. The Labute approximate surface area is 83.8 Å². The molecule has 2 heteroatoms. The van der Waals surface area contributed by atoms with Gasteiger partial charge in [0.15, 0.2) is 0 Å². The third-order valence-corrected chi connectivity index (χ3v) is 3.23. The molecule has 0 bridgehead atoms. The molecule has 0 spiro atoms. The van der Waals surface area contributed by atoms with Crippen LogP contribution in [0.25, 0.3) is 0 Å². The van der Waals surface area contributed by atoms with Gasteiger partial charge in [0.2, 0.25) is 0 Å². The van der Waals surface area contributed by atoms with Crippen molar-refractivity contribution >= 4 is 0 Å². The Hall–Kier alpha value is -1.33. The molecule has 1 aromatic rings. The van der Waals surface area contributed by atoms with Crippen molar-refractivity contribution in [2.24, 2.45) is 5.41 Å². The van der Waals surface area contributed by atoms with E-state index in [0.717, 1.165) is 18.4 Å². The minimum Gasteiger partial charge on any atom is -0.384 e. The van der Waals surface area contributed by atoms with Gasteiger partial charge in [-0.1, -0.05) is 30.3 Å². The number of nitrogens with zero attached hydrogens (tertiary/aromatic N) is 1. The number of rotatable bonds is 2. The molecule has 1 saturated carbocycles. The lowest BCUT2D eigenvalue weighted by Gasteiger charge is -2.28. The molecular formula is C12H13NO. The molecule has 1 aliphatic carbocycles. The van der Waals surface area contributed by atoms with Gasteiger partial charge in [-0.2, -0.15) is 5.26 Å². The van der Waals surface area contributed by atoms with Gasteiger partial charge in [-0.05, 0) is 25.3 Å². The van der Waals surface area contributed by atoms with Crippen LogP contribution < -0.4 is 0 Å². The van der Waals surface area contributed by atoms with Crippen LogP contribution in [-0.4, -0.2) is 5.11 Å². The van der Waals surface area contributed by atoms with Crippen molar-refractivity contribution in [1.29, 1.82) is 5.26 Å². The molecule has 0 aromatic heterocycles. The van der Waals surface area contributed by atoms with Crippen molar-refractivity contribution < 1.29 is 5.11 Å². The van der Waals surface area contributed by atoms with Crippen LogP contribution in [0.3, 0.4) is 0 Å². The topological polar surface area (TPSA) is 44.0 Å². The Kier molecular flexibility index (Phi) is 1.87. The largest absolute Gasteiger partial charge is 0.384 e. The summed E-state index contributed by atoms with van der Waals surface area (Å²) >= 11 is 0. The van der Waals surface area contributed by atoms with Gasteiger partial charge in [0.1, 0.15) is 5.60 Å². The van der Waals surface area contributed by atoms with Crippen LogP contribution in [0.1, 0.15) is 25.3 Å². The highest BCUT2D eigenvalue weighted by Crippen LogP contribution is 2.57. The summed E-state index contributed by atoms with van der Waals surface area (Å²) in [5, 5.41) is 19.4. The summed E-state index contributed by atoms with van der Waals surface area (Å²) < 4.78 is 0. The van der Waals surface area contributed by atoms with Gasteiger partial charge in [0.25, 0.3) is 0 Å². The summed E-state index contributed by atoms with van der Waals surface area (Å²) in [4.78, 5) is 0. The third-order valence-electron chi connectivity index (χ3n) is 3.23. The van der Waals surface area contributed by atoms with Crippen LogP contribution in [0.2, 0.25) is 0 Å². The average molecular weight is 187 g/mol. The number of aliphatic hydroxyl groups is 1. The van der Waals surface area contributed by atoms with Crippen LogP contribution in [0.5, 0.6) is 0 Å². The standard InChI is InChI=1S/C12H13NO/c1-11(14,12(9-13)7-8-12)10-5-3-2-4-6-10/h2-6,14H,7-8H2,1H3. The lowest BCUT2D eigenvalue weighted by atomic mass is 9.81. The summed E-state index contributed by atoms with van der Waals surface area (Å²) in [6, 6.07) is 11.7. The first kappa shape index (κ1) is 9.23. The van der Waals surface area contributed by atoms with E-state index in [9.17, 15) is 5.11 Å². The van der Waals surface area contributed by atoms with Crippen molar-refractivity contribution in [2.45, 2.75) is 25.4 Å². The van der Waals surface area contributed by atoms with E-state index in [-0.39, 0.29) is 0 Å². The molecule has 1 unspecified atom stereocenters. The van der Waals surface area contributed by atoms with Crippen molar-refractivity contribution in [3.63, 3.8) is 0 Å². The summed E-state index contributed by atoms with van der Waals surface area (Å²) in [7, 11) is 0. The van der Waals surface area contributed by atoms with Gasteiger partial charge in [-0.25, -0.2) is 0 Å². The van der Waals surface area contributed by atoms with Gasteiger partial charge < -0.3 is 5.11 Å². The molecular weight excluding hydrogens is 174 g/mol. The summed E-state index contributed by atoms with van der Waals surface area (Å²) in [6.07, 6.45) is 1.59. The van der Waals surface area contributed by atoms with Gasteiger partial charge >= 0.3 is 0 Å². The number of hydrogen-bond acceptors (Lipinski definition) is 2. The van der Waals surface area contributed by atoms with Crippen molar-refractivity contribution in [3.05, 3.63) is 35.9 Å². The van der Waals surface area contributed by atoms with Gasteiger partial charge in [-0.15, -0.1) is 0 Å². The average Bonchev–Trinajstić information content (AvgIpc) is 3.00. The monoisotopic (exact) mass is 187 g/mol. The van der Waals surface area contributed by atoms with Crippen LogP contribution in [-0.2, 0) is 5.60 Å². The van der Waals surface area contributed by atoms with E-state index in [1.807, 2.05) is 30.3 Å². The Morgan fingerprint density at radius 2 is 1.93 bits per heavy atom. The Bertz CT molecular complexity index is 371.